The lowest BCUT2D eigenvalue weighted by molar-refractivity contribution is 0.0180. The van der Waals surface area contributed by atoms with Crippen LogP contribution in [0.2, 0.25) is 0 Å². The summed E-state index contributed by atoms with van der Waals surface area (Å²) in [5, 5.41) is 3.51. The molecule has 2 atom stereocenters. The van der Waals surface area contributed by atoms with Crippen molar-refractivity contribution in [1.82, 2.24) is 5.32 Å². The Bertz CT molecular complexity index is 176. The van der Waals surface area contributed by atoms with Gasteiger partial charge in [0.1, 0.15) is 0 Å². The maximum Gasteiger partial charge on any atom is 0.0697 e. The molecule has 17 heavy (non-hydrogen) atoms. The van der Waals surface area contributed by atoms with Crippen LogP contribution in [-0.4, -0.2) is 25.3 Å². The first kappa shape index (κ1) is 15.0. The van der Waals surface area contributed by atoms with Gasteiger partial charge in [0.2, 0.25) is 0 Å². The van der Waals surface area contributed by atoms with E-state index in [-0.39, 0.29) is 0 Å². The average Bonchev–Trinajstić information content (AvgIpc) is 2.61. The van der Waals surface area contributed by atoms with Gasteiger partial charge in [-0.1, -0.05) is 32.6 Å². The minimum absolute atomic E-state index is 0.338. The van der Waals surface area contributed by atoms with Gasteiger partial charge in [-0.3, -0.25) is 0 Å². The second kappa shape index (κ2) is 8.93. The van der Waals surface area contributed by atoms with Crippen LogP contribution in [0.1, 0.15) is 65.7 Å². The van der Waals surface area contributed by atoms with Crippen molar-refractivity contribution in [2.24, 2.45) is 5.92 Å². The molecular weight excluding hydrogens is 210 g/mol. The third-order valence-electron chi connectivity index (χ3n) is 3.99. The van der Waals surface area contributed by atoms with E-state index < -0.39 is 0 Å². The number of nitrogens with one attached hydrogen (secondary N) is 1. The van der Waals surface area contributed by atoms with Crippen LogP contribution >= 0.6 is 0 Å². The van der Waals surface area contributed by atoms with Gasteiger partial charge in [-0.2, -0.15) is 0 Å². The molecule has 0 aromatic carbocycles. The van der Waals surface area contributed by atoms with Gasteiger partial charge in [0.25, 0.3) is 0 Å². The molecule has 2 heteroatoms. The Morgan fingerprint density at radius 1 is 1.12 bits per heavy atom. The van der Waals surface area contributed by atoms with Crippen LogP contribution < -0.4 is 5.32 Å². The zero-order chi connectivity index (χ0) is 12.5. The molecule has 2 unspecified atom stereocenters. The topological polar surface area (TPSA) is 21.3 Å². The molecule has 0 aliphatic heterocycles. The molecule has 0 amide bonds. The maximum absolute atomic E-state index is 6.03. The Morgan fingerprint density at radius 3 is 2.35 bits per heavy atom. The minimum atomic E-state index is 0.338. The minimum Gasteiger partial charge on any atom is -0.377 e. The second-order valence-electron chi connectivity index (χ2n) is 5.64. The molecule has 1 saturated carbocycles. The standard InChI is InChI=1S/C15H31NO/c1-4-11-16-13(2)14(3)17-12-15-9-7-5-6-8-10-15/h13-16H,4-12H2,1-3H3. The summed E-state index contributed by atoms with van der Waals surface area (Å²) in [4.78, 5) is 0. The molecule has 0 saturated heterocycles. The molecule has 1 N–H and O–H groups in total. The highest BCUT2D eigenvalue weighted by Crippen LogP contribution is 2.23. The van der Waals surface area contributed by atoms with E-state index in [4.69, 9.17) is 4.74 Å². The van der Waals surface area contributed by atoms with Crippen molar-refractivity contribution in [3.8, 4) is 0 Å². The van der Waals surface area contributed by atoms with Gasteiger partial charge in [0, 0.05) is 12.6 Å². The molecule has 2 nitrogen and oxygen atoms in total. The Labute approximate surface area is 108 Å². The van der Waals surface area contributed by atoms with Crippen LogP contribution in [0.4, 0.5) is 0 Å². The van der Waals surface area contributed by atoms with Gasteiger partial charge < -0.3 is 10.1 Å². The summed E-state index contributed by atoms with van der Waals surface area (Å²) >= 11 is 0. The van der Waals surface area contributed by atoms with E-state index in [1.807, 2.05) is 0 Å². The molecule has 1 fully saturated rings. The Kier molecular flexibility index (Phi) is 7.87. The van der Waals surface area contributed by atoms with Crippen molar-refractivity contribution in [2.45, 2.75) is 77.9 Å². The highest BCUT2D eigenvalue weighted by Gasteiger charge is 2.16. The SMILES string of the molecule is CCCNC(C)C(C)OCC1CCCCCC1. The first-order chi connectivity index (χ1) is 8.24. The van der Waals surface area contributed by atoms with E-state index >= 15 is 0 Å². The van der Waals surface area contributed by atoms with E-state index in [0.717, 1.165) is 19.1 Å². The summed E-state index contributed by atoms with van der Waals surface area (Å²) in [6, 6.07) is 0.473. The number of rotatable bonds is 7. The van der Waals surface area contributed by atoms with Crippen molar-refractivity contribution < 1.29 is 4.74 Å². The Hall–Kier alpha value is -0.0800. The third-order valence-corrected chi connectivity index (χ3v) is 3.99. The van der Waals surface area contributed by atoms with Gasteiger partial charge in [-0.15, -0.1) is 0 Å². The van der Waals surface area contributed by atoms with Crippen molar-refractivity contribution >= 4 is 0 Å². The lowest BCUT2D eigenvalue weighted by atomic mass is 10.0. The van der Waals surface area contributed by atoms with Crippen LogP contribution in [0.5, 0.6) is 0 Å². The maximum atomic E-state index is 6.03. The Balaban J connectivity index is 2.14. The first-order valence-electron chi connectivity index (χ1n) is 7.59. The highest BCUT2D eigenvalue weighted by molar-refractivity contribution is 4.70. The largest absolute Gasteiger partial charge is 0.377 e. The predicted octanol–water partition coefficient (Wildman–Crippen LogP) is 3.75. The van der Waals surface area contributed by atoms with Crippen LogP contribution in [0, 0.1) is 5.92 Å². The van der Waals surface area contributed by atoms with Crippen molar-refractivity contribution in [3.05, 3.63) is 0 Å². The summed E-state index contributed by atoms with van der Waals surface area (Å²) in [6.07, 6.45) is 9.97. The van der Waals surface area contributed by atoms with Gasteiger partial charge >= 0.3 is 0 Å². The van der Waals surface area contributed by atoms with E-state index in [9.17, 15) is 0 Å². The van der Waals surface area contributed by atoms with Gasteiger partial charge in [-0.25, -0.2) is 0 Å². The summed E-state index contributed by atoms with van der Waals surface area (Å²) < 4.78 is 6.03. The Morgan fingerprint density at radius 2 is 1.76 bits per heavy atom. The van der Waals surface area contributed by atoms with Crippen molar-refractivity contribution in [1.29, 1.82) is 0 Å². The molecule has 0 aromatic heterocycles. The molecular formula is C15H31NO. The molecule has 0 aromatic rings. The van der Waals surface area contributed by atoms with Gasteiger partial charge in [-0.05, 0) is 45.6 Å². The summed E-state index contributed by atoms with van der Waals surface area (Å²) in [6.45, 7) is 8.70. The van der Waals surface area contributed by atoms with E-state index in [0.29, 0.717) is 12.1 Å². The van der Waals surface area contributed by atoms with Gasteiger partial charge in [0.05, 0.1) is 6.10 Å². The molecule has 0 heterocycles. The number of ether oxygens (including phenoxy) is 1. The smallest absolute Gasteiger partial charge is 0.0697 e. The van der Waals surface area contributed by atoms with E-state index in [2.05, 4.69) is 26.1 Å². The van der Waals surface area contributed by atoms with E-state index in [1.54, 1.807) is 0 Å². The van der Waals surface area contributed by atoms with Crippen molar-refractivity contribution in [3.63, 3.8) is 0 Å². The molecule has 0 bridgehead atoms. The predicted molar refractivity (Wildman–Crippen MR) is 74.4 cm³/mol. The molecule has 0 spiro atoms. The monoisotopic (exact) mass is 241 g/mol. The normalized spacial score (nSPS) is 22.1. The molecule has 0 radical (unpaired) electrons. The van der Waals surface area contributed by atoms with Crippen LogP contribution in [0.15, 0.2) is 0 Å². The van der Waals surface area contributed by atoms with Gasteiger partial charge in [0.15, 0.2) is 0 Å². The third kappa shape index (κ3) is 6.42. The number of hydrogen-bond acceptors (Lipinski definition) is 2. The summed E-state index contributed by atoms with van der Waals surface area (Å²) in [5.41, 5.74) is 0. The fourth-order valence-corrected chi connectivity index (χ4v) is 2.50. The zero-order valence-electron chi connectivity index (χ0n) is 12.0. The van der Waals surface area contributed by atoms with Crippen LogP contribution in [-0.2, 0) is 4.74 Å². The molecule has 1 rings (SSSR count). The molecule has 102 valence electrons. The first-order valence-corrected chi connectivity index (χ1v) is 7.59. The molecule has 1 aliphatic carbocycles. The fraction of sp³-hybridized carbons (Fsp3) is 1.00. The van der Waals surface area contributed by atoms with E-state index in [1.165, 1.54) is 44.9 Å². The quantitative estimate of drug-likeness (QED) is 0.685. The number of hydrogen-bond donors (Lipinski definition) is 1. The fourth-order valence-electron chi connectivity index (χ4n) is 2.50. The van der Waals surface area contributed by atoms with Crippen LogP contribution in [0.3, 0.4) is 0 Å². The summed E-state index contributed by atoms with van der Waals surface area (Å²) in [5.74, 6) is 0.818. The second-order valence-corrected chi connectivity index (χ2v) is 5.64. The highest BCUT2D eigenvalue weighted by atomic mass is 16.5. The lowest BCUT2D eigenvalue weighted by Gasteiger charge is -2.24. The van der Waals surface area contributed by atoms with Crippen LogP contribution in [0.25, 0.3) is 0 Å². The average molecular weight is 241 g/mol. The zero-order valence-corrected chi connectivity index (χ0v) is 12.0. The van der Waals surface area contributed by atoms with Crippen molar-refractivity contribution in [2.75, 3.05) is 13.2 Å². The molecule has 1 aliphatic rings. The summed E-state index contributed by atoms with van der Waals surface area (Å²) in [7, 11) is 0. The lowest BCUT2D eigenvalue weighted by Crippen LogP contribution is -2.38.